The molecule has 0 fully saturated rings. The molecule has 0 aromatic heterocycles. The first kappa shape index (κ1) is 18.2. The maximum Gasteiger partial charge on any atom is -1.00 e. The minimum absolute atomic E-state index is 0. The van der Waals surface area contributed by atoms with Crippen molar-refractivity contribution < 1.29 is 42.2 Å². The van der Waals surface area contributed by atoms with Gasteiger partial charge in [-0.1, -0.05) is 26.0 Å². The summed E-state index contributed by atoms with van der Waals surface area (Å²) in [6.45, 7) is 6.12. The second-order valence-electron chi connectivity index (χ2n) is 3.27. The van der Waals surface area contributed by atoms with Gasteiger partial charge in [-0.2, -0.15) is 0 Å². The van der Waals surface area contributed by atoms with Crippen molar-refractivity contribution in [2.45, 2.75) is 26.7 Å². The van der Waals surface area contributed by atoms with Gasteiger partial charge in [0.05, 0.1) is 0 Å². The number of hydrogen-bond acceptors (Lipinski definition) is 1. The third kappa shape index (κ3) is 7.70. The van der Waals surface area contributed by atoms with Gasteiger partial charge in [0.2, 0.25) is 0 Å². The Morgan fingerprint density at radius 3 is 2.07 bits per heavy atom. The zero-order valence-electron chi connectivity index (χ0n) is 8.74. The van der Waals surface area contributed by atoms with Crippen molar-refractivity contribution in [3.8, 4) is 5.75 Å². The predicted octanol–water partition coefficient (Wildman–Crippen LogP) is 1.20. The molecule has 0 aliphatic rings. The fourth-order valence-electron chi connectivity index (χ4n) is 1.14. The number of phenols is 1. The Morgan fingerprint density at radius 1 is 1.27 bits per heavy atom. The summed E-state index contributed by atoms with van der Waals surface area (Å²) in [5.41, 5.74) is 2.13. The quantitative estimate of drug-likeness (QED) is 0.552. The molecule has 0 saturated heterocycles. The third-order valence-corrected chi connectivity index (χ3v) is 1.81. The van der Waals surface area contributed by atoms with E-state index in [9.17, 15) is 5.11 Å². The minimum Gasteiger partial charge on any atom is -1.00 e. The average molecular weight is 404 g/mol. The smallest absolute Gasteiger partial charge is 1.00 e. The number of halogens is 3. The van der Waals surface area contributed by atoms with Crippen LogP contribution in [0.2, 0.25) is 0 Å². The van der Waals surface area contributed by atoms with E-state index in [0.717, 1.165) is 11.1 Å². The zero-order valence-corrected chi connectivity index (χ0v) is 13.5. The van der Waals surface area contributed by atoms with E-state index >= 15 is 0 Å². The monoisotopic (exact) mass is 403 g/mol. The molecule has 0 spiro atoms. The van der Waals surface area contributed by atoms with E-state index in [4.69, 9.17) is 20.2 Å². The van der Waals surface area contributed by atoms with E-state index in [0.29, 0.717) is 11.7 Å². The molecule has 89 valence electrons. The van der Waals surface area contributed by atoms with E-state index in [1.165, 1.54) is 0 Å². The number of hydrogen-bond donors (Lipinski definition) is 1. The molecule has 15 heavy (non-hydrogen) atoms. The molecule has 5 heteroatoms. The van der Waals surface area contributed by atoms with Crippen molar-refractivity contribution in [3.63, 3.8) is 0 Å². The van der Waals surface area contributed by atoms with Crippen LogP contribution >= 0.6 is 20.2 Å². The van der Waals surface area contributed by atoms with Crippen LogP contribution in [-0.4, -0.2) is 5.11 Å². The van der Waals surface area contributed by atoms with Gasteiger partial charge in [-0.3, -0.25) is 0 Å². The van der Waals surface area contributed by atoms with Crippen LogP contribution in [0.4, 0.5) is 0 Å². The van der Waals surface area contributed by atoms with Crippen LogP contribution in [0.15, 0.2) is 18.2 Å². The molecule has 0 heterocycles. The summed E-state index contributed by atoms with van der Waals surface area (Å²) in [4.78, 5) is 0. The summed E-state index contributed by atoms with van der Waals surface area (Å²) < 4.78 is 0. The standard InChI is InChI=1S/C10H14O.2ClH.Fe.HI/c1-7(2)9-5-4-8(3)6-10(9)11;;;;/h4-7,11H,1-3H3;2*1H;;1H/q;;;+3;/p-3. The van der Waals surface area contributed by atoms with Gasteiger partial charge in [0.1, 0.15) is 5.75 Å². The van der Waals surface area contributed by atoms with E-state index in [-0.39, 0.29) is 37.1 Å². The average Bonchev–Trinajstić information content (AvgIpc) is 2.04. The Hall–Kier alpha value is 0.849. The molecule has 0 atom stereocenters. The Morgan fingerprint density at radius 2 is 1.73 bits per heavy atom. The topological polar surface area (TPSA) is 20.2 Å². The molecule has 1 nitrogen and oxygen atoms in total. The van der Waals surface area contributed by atoms with E-state index in [1.54, 1.807) is 6.07 Å². The van der Waals surface area contributed by atoms with Crippen molar-refractivity contribution in [3.05, 3.63) is 29.3 Å². The number of rotatable bonds is 1. The Labute approximate surface area is 123 Å². The van der Waals surface area contributed by atoms with Crippen molar-refractivity contribution in [2.24, 2.45) is 0 Å². The number of aryl methyl sites for hydroxylation is 1. The first-order valence-corrected chi connectivity index (χ1v) is 7.21. The minimum atomic E-state index is 0. The third-order valence-electron chi connectivity index (χ3n) is 1.81. The summed E-state index contributed by atoms with van der Waals surface area (Å²) in [6.07, 6.45) is 0. The molecular weight excluding hydrogens is 390 g/mol. The molecule has 0 aliphatic carbocycles. The SMILES string of the molecule is Cc1ccc(C(C)C)c(O)c1.[Cl][Fe+][Cl].[I-]. The molecule has 0 unspecified atom stereocenters. The molecule has 0 saturated carbocycles. The Kier molecular flexibility index (Phi) is 12.2. The fourth-order valence-corrected chi connectivity index (χ4v) is 1.14. The van der Waals surface area contributed by atoms with Gasteiger partial charge in [0, 0.05) is 0 Å². The second kappa shape index (κ2) is 10.0. The fraction of sp³-hybridized carbons (Fsp3) is 0.400. The van der Waals surface area contributed by atoms with E-state index in [2.05, 4.69) is 13.8 Å². The van der Waals surface area contributed by atoms with Gasteiger partial charge < -0.3 is 29.1 Å². The summed E-state index contributed by atoms with van der Waals surface area (Å²) in [7, 11) is 9.53. The zero-order chi connectivity index (χ0) is 11.1. The maximum atomic E-state index is 9.46. The Bertz CT molecular complexity index is 282. The molecule has 0 aliphatic heterocycles. The first-order valence-electron chi connectivity index (χ1n) is 4.17. The van der Waals surface area contributed by atoms with Crippen LogP contribution in [0.3, 0.4) is 0 Å². The molecule has 1 N–H and O–H groups in total. The molecule has 0 bridgehead atoms. The van der Waals surface area contributed by atoms with Crippen LogP contribution in [-0.2, 0) is 13.1 Å². The molecule has 0 radical (unpaired) electrons. The van der Waals surface area contributed by atoms with Crippen LogP contribution in [0.25, 0.3) is 0 Å². The van der Waals surface area contributed by atoms with Crippen molar-refractivity contribution in [1.29, 1.82) is 0 Å². The van der Waals surface area contributed by atoms with Gasteiger partial charge in [-0.05, 0) is 30.0 Å². The van der Waals surface area contributed by atoms with Gasteiger partial charge in [-0.15, -0.1) is 0 Å². The molecule has 1 rings (SSSR count). The number of phenolic OH excluding ortho intramolecular Hbond substituents is 1. The maximum absolute atomic E-state index is 9.46. The largest absolute Gasteiger partial charge is 1.00 e. The second-order valence-corrected chi connectivity index (χ2v) is 5.09. The van der Waals surface area contributed by atoms with Crippen LogP contribution in [0.1, 0.15) is 30.9 Å². The van der Waals surface area contributed by atoms with Gasteiger partial charge in [0.15, 0.2) is 0 Å². The predicted molar refractivity (Wildman–Crippen MR) is 58.6 cm³/mol. The van der Waals surface area contributed by atoms with Gasteiger partial charge in [-0.25, -0.2) is 0 Å². The molecule has 0 amide bonds. The summed E-state index contributed by atoms with van der Waals surface area (Å²) in [6, 6.07) is 5.81. The van der Waals surface area contributed by atoms with Crippen molar-refractivity contribution >= 4 is 20.2 Å². The normalized spacial score (nSPS) is 8.93. The summed E-state index contributed by atoms with van der Waals surface area (Å²) >= 11 is 0.194. The number of benzene rings is 1. The van der Waals surface area contributed by atoms with Crippen molar-refractivity contribution in [2.75, 3.05) is 0 Å². The summed E-state index contributed by atoms with van der Waals surface area (Å²) in [5.74, 6) is 0.815. The Balaban J connectivity index is 0. The van der Waals surface area contributed by atoms with Crippen LogP contribution in [0, 0.1) is 6.92 Å². The first-order chi connectivity index (χ1) is 6.52. The van der Waals surface area contributed by atoms with Gasteiger partial charge >= 0.3 is 33.3 Å². The van der Waals surface area contributed by atoms with E-state index < -0.39 is 0 Å². The van der Waals surface area contributed by atoms with E-state index in [1.807, 2.05) is 19.1 Å². The number of aromatic hydroxyl groups is 1. The van der Waals surface area contributed by atoms with Crippen LogP contribution < -0.4 is 24.0 Å². The molecular formula is C10H14Cl2FeIO. The molecule has 1 aromatic carbocycles. The summed E-state index contributed by atoms with van der Waals surface area (Å²) in [5, 5.41) is 9.46. The van der Waals surface area contributed by atoms with Gasteiger partial charge in [0.25, 0.3) is 0 Å². The van der Waals surface area contributed by atoms with Crippen LogP contribution in [0.5, 0.6) is 5.75 Å². The molecule has 1 aromatic rings. The van der Waals surface area contributed by atoms with Crippen molar-refractivity contribution in [1.82, 2.24) is 0 Å².